The van der Waals surface area contributed by atoms with Gasteiger partial charge in [0, 0.05) is 0 Å². The summed E-state index contributed by atoms with van der Waals surface area (Å²) in [6, 6.07) is 7.93. The molecule has 0 aliphatic heterocycles. The van der Waals surface area contributed by atoms with Crippen LogP contribution in [-0.2, 0) is 6.61 Å². The van der Waals surface area contributed by atoms with Gasteiger partial charge < -0.3 is 9.84 Å². The molecule has 4 nitrogen and oxygen atoms in total. The van der Waals surface area contributed by atoms with Crippen LogP contribution in [-0.4, -0.2) is 15.1 Å². The number of rotatable bonds is 5. The summed E-state index contributed by atoms with van der Waals surface area (Å²) >= 11 is 0. The zero-order chi connectivity index (χ0) is 13.7. The van der Waals surface area contributed by atoms with Crippen molar-refractivity contribution in [1.82, 2.24) is 9.97 Å². The lowest BCUT2D eigenvalue weighted by molar-refractivity contribution is 0.274. The van der Waals surface area contributed by atoms with Crippen LogP contribution in [0.1, 0.15) is 37.4 Å². The third-order valence-corrected chi connectivity index (χ3v) is 3.10. The van der Waals surface area contributed by atoms with E-state index in [1.54, 1.807) is 6.20 Å². The van der Waals surface area contributed by atoms with Crippen LogP contribution in [0.3, 0.4) is 0 Å². The summed E-state index contributed by atoms with van der Waals surface area (Å²) < 4.78 is 5.79. The van der Waals surface area contributed by atoms with Crippen LogP contribution < -0.4 is 4.74 Å². The van der Waals surface area contributed by atoms with Crippen molar-refractivity contribution in [3.8, 4) is 11.6 Å². The second-order valence-corrected chi connectivity index (χ2v) is 4.46. The molecule has 1 N–H and O–H groups in total. The fraction of sp³-hybridized carbons (Fsp3) is 0.333. The Morgan fingerprint density at radius 1 is 1.26 bits per heavy atom. The number of aliphatic hydroxyl groups is 1. The van der Waals surface area contributed by atoms with E-state index in [1.165, 1.54) is 6.20 Å². The van der Waals surface area contributed by atoms with E-state index < -0.39 is 0 Å². The SMILES string of the molecule is CCC(C)c1ccccc1Oc1cncc(CO)n1. The Bertz CT molecular complexity index is 543. The molecule has 0 aliphatic rings. The summed E-state index contributed by atoms with van der Waals surface area (Å²) in [5, 5.41) is 9.05. The molecule has 4 heteroatoms. The minimum absolute atomic E-state index is 0.142. The zero-order valence-electron chi connectivity index (χ0n) is 11.2. The van der Waals surface area contributed by atoms with Gasteiger partial charge in [-0.1, -0.05) is 32.0 Å². The first-order chi connectivity index (χ1) is 9.24. The fourth-order valence-corrected chi connectivity index (χ4v) is 1.82. The minimum Gasteiger partial charge on any atom is -0.437 e. The molecule has 1 atom stereocenters. The maximum atomic E-state index is 9.05. The van der Waals surface area contributed by atoms with Gasteiger partial charge in [-0.3, -0.25) is 4.98 Å². The molecule has 0 spiro atoms. The fourth-order valence-electron chi connectivity index (χ4n) is 1.82. The summed E-state index contributed by atoms with van der Waals surface area (Å²) in [4.78, 5) is 8.18. The predicted molar refractivity (Wildman–Crippen MR) is 73.2 cm³/mol. The molecule has 2 aromatic rings. The number of ether oxygens (including phenoxy) is 1. The molecule has 0 aliphatic carbocycles. The molecule has 0 radical (unpaired) electrons. The highest BCUT2D eigenvalue weighted by Crippen LogP contribution is 2.31. The highest BCUT2D eigenvalue weighted by atomic mass is 16.5. The first-order valence-corrected chi connectivity index (χ1v) is 6.43. The maximum Gasteiger partial charge on any atom is 0.238 e. The molecule has 2 rings (SSSR count). The van der Waals surface area contributed by atoms with Crippen molar-refractivity contribution in [3.63, 3.8) is 0 Å². The van der Waals surface area contributed by atoms with Crippen LogP contribution in [0.4, 0.5) is 0 Å². The number of hydrogen-bond acceptors (Lipinski definition) is 4. The molecule has 0 bridgehead atoms. The van der Waals surface area contributed by atoms with Gasteiger partial charge in [0.05, 0.1) is 24.7 Å². The summed E-state index contributed by atoms with van der Waals surface area (Å²) in [5.41, 5.74) is 1.65. The van der Waals surface area contributed by atoms with Crippen LogP contribution in [0.25, 0.3) is 0 Å². The van der Waals surface area contributed by atoms with Crippen LogP contribution in [0.2, 0.25) is 0 Å². The largest absolute Gasteiger partial charge is 0.437 e. The average Bonchev–Trinajstić information content (AvgIpc) is 2.47. The minimum atomic E-state index is -0.142. The van der Waals surface area contributed by atoms with E-state index >= 15 is 0 Å². The summed E-state index contributed by atoms with van der Waals surface area (Å²) in [6.07, 6.45) is 4.11. The van der Waals surface area contributed by atoms with Crippen LogP contribution in [0.5, 0.6) is 11.6 Å². The maximum absolute atomic E-state index is 9.05. The van der Waals surface area contributed by atoms with Gasteiger partial charge in [0.25, 0.3) is 0 Å². The smallest absolute Gasteiger partial charge is 0.238 e. The van der Waals surface area contributed by atoms with Gasteiger partial charge in [0.2, 0.25) is 5.88 Å². The van der Waals surface area contributed by atoms with Gasteiger partial charge in [0.1, 0.15) is 5.75 Å². The third kappa shape index (κ3) is 3.29. The second kappa shape index (κ2) is 6.29. The average molecular weight is 258 g/mol. The molecule has 0 saturated heterocycles. The Kier molecular flexibility index (Phi) is 4.47. The molecular weight excluding hydrogens is 240 g/mol. The highest BCUT2D eigenvalue weighted by Gasteiger charge is 2.11. The van der Waals surface area contributed by atoms with Gasteiger partial charge in [-0.2, -0.15) is 0 Å². The van der Waals surface area contributed by atoms with Crippen LogP contribution >= 0.6 is 0 Å². The lowest BCUT2D eigenvalue weighted by atomic mass is 9.98. The molecule has 1 aromatic heterocycles. The van der Waals surface area contributed by atoms with E-state index in [4.69, 9.17) is 9.84 Å². The summed E-state index contributed by atoms with van der Waals surface area (Å²) in [7, 11) is 0. The molecule has 1 heterocycles. The van der Waals surface area contributed by atoms with E-state index in [0.717, 1.165) is 17.7 Å². The van der Waals surface area contributed by atoms with E-state index in [0.29, 0.717) is 17.5 Å². The van der Waals surface area contributed by atoms with Gasteiger partial charge in [0.15, 0.2) is 0 Å². The second-order valence-electron chi connectivity index (χ2n) is 4.46. The number of para-hydroxylation sites is 1. The topological polar surface area (TPSA) is 55.2 Å². The zero-order valence-corrected chi connectivity index (χ0v) is 11.2. The summed E-state index contributed by atoms with van der Waals surface area (Å²) in [6.45, 7) is 4.17. The Hall–Kier alpha value is -1.94. The Morgan fingerprint density at radius 2 is 2.05 bits per heavy atom. The van der Waals surface area contributed by atoms with Crippen molar-refractivity contribution in [3.05, 3.63) is 47.9 Å². The quantitative estimate of drug-likeness (QED) is 0.894. The number of hydrogen-bond donors (Lipinski definition) is 1. The van der Waals surface area contributed by atoms with Crippen molar-refractivity contribution in [2.24, 2.45) is 0 Å². The number of aliphatic hydroxyl groups excluding tert-OH is 1. The van der Waals surface area contributed by atoms with Crippen molar-refractivity contribution in [1.29, 1.82) is 0 Å². The van der Waals surface area contributed by atoms with Crippen molar-refractivity contribution in [2.75, 3.05) is 0 Å². The van der Waals surface area contributed by atoms with E-state index in [-0.39, 0.29) is 6.61 Å². The first kappa shape index (κ1) is 13.5. The monoisotopic (exact) mass is 258 g/mol. The van der Waals surface area contributed by atoms with Gasteiger partial charge in [-0.05, 0) is 24.0 Å². The number of benzene rings is 1. The third-order valence-electron chi connectivity index (χ3n) is 3.10. The van der Waals surface area contributed by atoms with Gasteiger partial charge >= 0.3 is 0 Å². The van der Waals surface area contributed by atoms with E-state index in [2.05, 4.69) is 29.9 Å². The Labute approximate surface area is 113 Å². The first-order valence-electron chi connectivity index (χ1n) is 6.43. The lowest BCUT2D eigenvalue weighted by Gasteiger charge is -2.14. The number of nitrogens with zero attached hydrogens (tertiary/aromatic N) is 2. The van der Waals surface area contributed by atoms with Crippen molar-refractivity contribution < 1.29 is 9.84 Å². The normalized spacial score (nSPS) is 12.2. The standard InChI is InChI=1S/C15H18N2O2/c1-3-11(2)13-6-4-5-7-14(13)19-15-9-16-8-12(10-18)17-15/h4-9,11,18H,3,10H2,1-2H3. The molecule has 0 amide bonds. The Morgan fingerprint density at radius 3 is 2.79 bits per heavy atom. The molecule has 19 heavy (non-hydrogen) atoms. The molecular formula is C15H18N2O2. The van der Waals surface area contributed by atoms with Gasteiger partial charge in [-0.25, -0.2) is 4.98 Å². The molecule has 1 unspecified atom stereocenters. The molecule has 100 valence electrons. The van der Waals surface area contributed by atoms with Crippen LogP contribution in [0, 0.1) is 0 Å². The lowest BCUT2D eigenvalue weighted by Crippen LogP contribution is -1.99. The highest BCUT2D eigenvalue weighted by molar-refractivity contribution is 5.38. The molecule has 1 aromatic carbocycles. The van der Waals surface area contributed by atoms with Crippen LogP contribution in [0.15, 0.2) is 36.7 Å². The van der Waals surface area contributed by atoms with Crippen molar-refractivity contribution in [2.45, 2.75) is 32.8 Å². The molecule has 0 fully saturated rings. The van der Waals surface area contributed by atoms with Gasteiger partial charge in [-0.15, -0.1) is 0 Å². The van der Waals surface area contributed by atoms with Crippen molar-refractivity contribution >= 4 is 0 Å². The Balaban J connectivity index is 2.27. The molecule has 0 saturated carbocycles. The van der Waals surface area contributed by atoms with E-state index in [9.17, 15) is 0 Å². The number of aromatic nitrogens is 2. The predicted octanol–water partition coefficient (Wildman–Crippen LogP) is 3.27. The van der Waals surface area contributed by atoms with E-state index in [1.807, 2.05) is 18.2 Å². The summed E-state index contributed by atoms with van der Waals surface area (Å²) in [5.74, 6) is 1.62.